The summed E-state index contributed by atoms with van der Waals surface area (Å²) in [4.78, 5) is 15.9. The molecule has 4 rings (SSSR count). The van der Waals surface area contributed by atoms with E-state index in [0.29, 0.717) is 6.54 Å². The van der Waals surface area contributed by atoms with E-state index in [0.717, 1.165) is 44.0 Å². The van der Waals surface area contributed by atoms with Gasteiger partial charge in [-0.25, -0.2) is 4.79 Å². The predicted molar refractivity (Wildman–Crippen MR) is 92.8 cm³/mol. The van der Waals surface area contributed by atoms with Gasteiger partial charge in [0.25, 0.3) is 0 Å². The summed E-state index contributed by atoms with van der Waals surface area (Å²) in [7, 11) is 0. The zero-order chi connectivity index (χ0) is 16.4. The van der Waals surface area contributed by atoms with Gasteiger partial charge in [0.05, 0.1) is 12.6 Å². The van der Waals surface area contributed by atoms with E-state index in [1.807, 2.05) is 4.90 Å². The topological polar surface area (TPSA) is 63.1 Å². The molecule has 1 N–H and O–H groups in total. The van der Waals surface area contributed by atoms with E-state index < -0.39 is 0 Å². The van der Waals surface area contributed by atoms with E-state index in [1.165, 1.54) is 24.1 Å². The number of carbonyl (C=O) groups is 1. The van der Waals surface area contributed by atoms with Crippen LogP contribution in [0.4, 0.5) is 4.79 Å². The second-order valence-corrected chi connectivity index (χ2v) is 7.50. The highest BCUT2D eigenvalue weighted by Gasteiger charge is 2.30. The molecule has 2 aromatic rings. The average molecular weight is 345 g/mol. The molecule has 0 aliphatic carbocycles. The predicted octanol–water partition coefficient (Wildman–Crippen LogP) is 3.11. The van der Waals surface area contributed by atoms with Crippen LogP contribution in [0.3, 0.4) is 0 Å². The van der Waals surface area contributed by atoms with Crippen molar-refractivity contribution in [3.05, 3.63) is 34.0 Å². The summed E-state index contributed by atoms with van der Waals surface area (Å²) in [6.45, 7) is 2.25. The number of hydrogen-bond donors (Lipinski definition) is 1. The van der Waals surface area contributed by atoms with Gasteiger partial charge in [-0.05, 0) is 37.1 Å². The number of amides is 2. The lowest BCUT2D eigenvalue weighted by Crippen LogP contribution is -2.39. The lowest BCUT2D eigenvalue weighted by Gasteiger charge is -2.24. The molecule has 1 atom stereocenters. The minimum Gasteiger partial charge on any atom is -0.331 e. The molecule has 0 radical (unpaired) electrons. The number of aromatic nitrogens is 3. The summed E-state index contributed by atoms with van der Waals surface area (Å²) in [5, 5.41) is 13.7. The maximum atomic E-state index is 12.6. The number of carbonyl (C=O) groups excluding carboxylic acids is 1. The van der Waals surface area contributed by atoms with Crippen LogP contribution in [0.25, 0.3) is 0 Å². The quantitative estimate of drug-likeness (QED) is 0.930. The van der Waals surface area contributed by atoms with Crippen LogP contribution in [0.5, 0.6) is 0 Å². The van der Waals surface area contributed by atoms with Crippen LogP contribution in [0.2, 0.25) is 0 Å². The Morgan fingerprint density at radius 2 is 2.21 bits per heavy atom. The minimum absolute atomic E-state index is 0.0110. The second kappa shape index (κ2) is 6.93. The highest BCUT2D eigenvalue weighted by atomic mass is 32.1. The molecule has 0 aromatic carbocycles. The highest BCUT2D eigenvalue weighted by Crippen LogP contribution is 2.34. The maximum Gasteiger partial charge on any atom is 0.318 e. The Hall–Kier alpha value is -1.89. The van der Waals surface area contributed by atoms with Crippen LogP contribution in [0.1, 0.15) is 54.7 Å². The summed E-state index contributed by atoms with van der Waals surface area (Å²) in [6, 6.07) is 4.41. The number of urea groups is 1. The number of rotatable bonds is 3. The Kier molecular flexibility index (Phi) is 4.51. The van der Waals surface area contributed by atoms with Gasteiger partial charge in [0.2, 0.25) is 0 Å². The first kappa shape index (κ1) is 15.6. The molecule has 1 saturated heterocycles. The van der Waals surface area contributed by atoms with Crippen LogP contribution >= 0.6 is 11.3 Å². The molecule has 2 amide bonds. The molecule has 2 aliphatic heterocycles. The van der Waals surface area contributed by atoms with Crippen molar-refractivity contribution in [1.82, 2.24) is 25.0 Å². The maximum absolute atomic E-state index is 12.6. The molecule has 0 bridgehead atoms. The summed E-state index contributed by atoms with van der Waals surface area (Å²) >= 11 is 1.73. The SMILES string of the molecule is O=C(NCc1nnc2n1CCCCC2)N1CCC[C@H]1c1cccs1. The van der Waals surface area contributed by atoms with Crippen LogP contribution in [0.15, 0.2) is 17.5 Å². The van der Waals surface area contributed by atoms with Gasteiger partial charge in [-0.3, -0.25) is 0 Å². The first-order valence-corrected chi connectivity index (χ1v) is 9.70. The molecule has 2 aromatic heterocycles. The molecule has 0 saturated carbocycles. The molecular formula is C17H23N5OS. The number of aryl methyl sites for hydroxylation is 1. The Morgan fingerprint density at radius 3 is 3.08 bits per heavy atom. The second-order valence-electron chi connectivity index (χ2n) is 6.52. The van der Waals surface area contributed by atoms with E-state index in [2.05, 4.69) is 37.6 Å². The van der Waals surface area contributed by atoms with Crippen molar-refractivity contribution in [2.75, 3.05) is 6.54 Å². The van der Waals surface area contributed by atoms with Gasteiger partial charge >= 0.3 is 6.03 Å². The summed E-state index contributed by atoms with van der Waals surface area (Å²) in [5.74, 6) is 1.95. The van der Waals surface area contributed by atoms with Crippen LogP contribution < -0.4 is 5.32 Å². The minimum atomic E-state index is 0.0110. The fourth-order valence-electron chi connectivity index (χ4n) is 3.72. The summed E-state index contributed by atoms with van der Waals surface area (Å²) < 4.78 is 2.19. The standard InChI is InChI=1S/C17H23N5OS/c23-17(21-10-4-6-13(21)14-7-5-11-24-14)18-12-16-20-19-15-8-2-1-3-9-22(15)16/h5,7,11,13H,1-4,6,8-10,12H2,(H,18,23)/t13-/m0/s1. The molecule has 4 heterocycles. The van der Waals surface area contributed by atoms with Gasteiger partial charge in [-0.15, -0.1) is 21.5 Å². The average Bonchev–Trinajstić information content (AvgIpc) is 3.31. The Morgan fingerprint density at radius 1 is 1.25 bits per heavy atom. The van der Waals surface area contributed by atoms with Gasteiger partial charge in [-0.1, -0.05) is 12.5 Å². The third-order valence-electron chi connectivity index (χ3n) is 4.97. The van der Waals surface area contributed by atoms with Gasteiger partial charge in [0.15, 0.2) is 5.82 Å². The van der Waals surface area contributed by atoms with Crippen molar-refractivity contribution >= 4 is 17.4 Å². The van der Waals surface area contributed by atoms with Crippen LogP contribution in [-0.2, 0) is 19.5 Å². The smallest absolute Gasteiger partial charge is 0.318 e. The fraction of sp³-hybridized carbons (Fsp3) is 0.588. The molecule has 6 nitrogen and oxygen atoms in total. The first-order chi connectivity index (χ1) is 11.8. The molecule has 1 fully saturated rings. The third kappa shape index (κ3) is 3.05. The number of thiophene rings is 1. The van der Waals surface area contributed by atoms with E-state index >= 15 is 0 Å². The van der Waals surface area contributed by atoms with E-state index in [1.54, 1.807) is 11.3 Å². The third-order valence-corrected chi connectivity index (χ3v) is 5.94. The van der Waals surface area contributed by atoms with Crippen LogP contribution in [-0.4, -0.2) is 32.2 Å². The van der Waals surface area contributed by atoms with E-state index in [4.69, 9.17) is 0 Å². The van der Waals surface area contributed by atoms with Gasteiger partial charge in [-0.2, -0.15) is 0 Å². The summed E-state index contributed by atoms with van der Waals surface area (Å²) in [6.07, 6.45) is 6.70. The first-order valence-electron chi connectivity index (χ1n) is 8.82. The van der Waals surface area contributed by atoms with Gasteiger partial charge in [0.1, 0.15) is 5.82 Å². The summed E-state index contributed by atoms with van der Waals surface area (Å²) in [5.41, 5.74) is 0. The van der Waals surface area contributed by atoms with Gasteiger partial charge < -0.3 is 14.8 Å². The lowest BCUT2D eigenvalue weighted by molar-refractivity contribution is 0.193. The van der Waals surface area contributed by atoms with Crippen molar-refractivity contribution in [2.45, 2.75) is 57.7 Å². The molecule has 0 unspecified atom stereocenters. The van der Waals surface area contributed by atoms with E-state index in [-0.39, 0.29) is 12.1 Å². The number of hydrogen-bond acceptors (Lipinski definition) is 4. The van der Waals surface area contributed by atoms with Crippen molar-refractivity contribution in [3.8, 4) is 0 Å². The molecule has 128 valence electrons. The number of nitrogens with zero attached hydrogens (tertiary/aromatic N) is 4. The number of fused-ring (bicyclic) bond motifs is 1. The van der Waals surface area contributed by atoms with Crippen molar-refractivity contribution in [2.24, 2.45) is 0 Å². The zero-order valence-electron chi connectivity index (χ0n) is 13.8. The van der Waals surface area contributed by atoms with Crippen molar-refractivity contribution < 1.29 is 4.79 Å². The molecule has 7 heteroatoms. The largest absolute Gasteiger partial charge is 0.331 e. The van der Waals surface area contributed by atoms with Crippen molar-refractivity contribution in [1.29, 1.82) is 0 Å². The van der Waals surface area contributed by atoms with Gasteiger partial charge in [0, 0.05) is 24.4 Å². The molecule has 2 aliphatic rings. The fourth-order valence-corrected chi connectivity index (χ4v) is 4.59. The monoisotopic (exact) mass is 345 g/mol. The number of nitrogens with one attached hydrogen (secondary N) is 1. The van der Waals surface area contributed by atoms with E-state index in [9.17, 15) is 4.79 Å². The van der Waals surface area contributed by atoms with Crippen LogP contribution in [0, 0.1) is 0 Å². The Balaban J connectivity index is 1.41. The molecule has 24 heavy (non-hydrogen) atoms. The van der Waals surface area contributed by atoms with Crippen molar-refractivity contribution in [3.63, 3.8) is 0 Å². The lowest BCUT2D eigenvalue weighted by atomic mass is 10.2. The Bertz CT molecular complexity index is 696. The normalized spacial score (nSPS) is 20.7. The molecular weight excluding hydrogens is 322 g/mol. The molecule has 0 spiro atoms. The zero-order valence-corrected chi connectivity index (χ0v) is 14.6. The number of likely N-dealkylation sites (tertiary alicyclic amines) is 1. The highest BCUT2D eigenvalue weighted by molar-refractivity contribution is 7.10. The Labute approximate surface area is 145 Å².